The number of nitrogens with zero attached hydrogens (tertiary/aromatic N) is 4. The molecule has 0 bridgehead atoms. The minimum Gasteiger partial charge on any atom is -0.411 e. The Morgan fingerprint density at radius 1 is 0.865 bits per heavy atom. The van der Waals surface area contributed by atoms with E-state index in [1.165, 1.54) is 16.4 Å². The van der Waals surface area contributed by atoms with Crippen molar-refractivity contribution in [3.8, 4) is 11.5 Å². The van der Waals surface area contributed by atoms with Crippen molar-refractivity contribution in [2.24, 2.45) is 0 Å². The van der Waals surface area contributed by atoms with Gasteiger partial charge in [-0.1, -0.05) is 74.1 Å². The number of hydrogen-bond donors (Lipinski definition) is 0. The molecule has 0 N–H and O–H groups in total. The van der Waals surface area contributed by atoms with Crippen LogP contribution >= 0.6 is 11.8 Å². The van der Waals surface area contributed by atoms with Gasteiger partial charge in [0.1, 0.15) is 0 Å². The van der Waals surface area contributed by atoms with Gasteiger partial charge in [-0.2, -0.15) is 4.31 Å². The predicted octanol–water partition coefficient (Wildman–Crippen LogP) is 5.09. The maximum atomic E-state index is 13.2. The number of carbonyl (C=O) groups excluding carboxylic acids is 1. The maximum Gasteiger partial charge on any atom is 0.277 e. The summed E-state index contributed by atoms with van der Waals surface area (Å²) in [5, 5.41) is 8.39. The Balaban J connectivity index is 1.44. The van der Waals surface area contributed by atoms with Crippen LogP contribution in [-0.4, -0.2) is 47.7 Å². The first-order valence-corrected chi connectivity index (χ1v) is 14.3. The zero-order valence-corrected chi connectivity index (χ0v) is 22.3. The van der Waals surface area contributed by atoms with E-state index in [4.69, 9.17) is 4.42 Å². The second-order valence-electron chi connectivity index (χ2n) is 8.08. The number of amides is 1. The van der Waals surface area contributed by atoms with Gasteiger partial charge in [-0.3, -0.25) is 4.79 Å². The van der Waals surface area contributed by atoms with Gasteiger partial charge in [-0.05, 0) is 42.0 Å². The standard InChI is InChI=1S/C27H28N4O4S2/c1-3-30(4-2)37(33,34)24-17-15-22(16-18-24)26-28-29-27(35-26)36-20-25(32)31(23-13-9-6-10-14-23)19-21-11-7-5-8-12-21/h5-18H,3-4,19-20H2,1-2H3. The van der Waals surface area contributed by atoms with Crippen LogP contribution in [0.2, 0.25) is 0 Å². The fraction of sp³-hybridized carbons (Fsp3) is 0.222. The van der Waals surface area contributed by atoms with Crippen molar-refractivity contribution in [3.05, 3.63) is 90.5 Å². The largest absolute Gasteiger partial charge is 0.411 e. The van der Waals surface area contributed by atoms with Crippen LogP contribution in [0.3, 0.4) is 0 Å². The first kappa shape index (κ1) is 26.6. The molecule has 1 heterocycles. The Bertz CT molecular complexity index is 1410. The maximum absolute atomic E-state index is 13.2. The minimum absolute atomic E-state index is 0.0919. The van der Waals surface area contributed by atoms with Gasteiger partial charge >= 0.3 is 0 Å². The first-order valence-electron chi connectivity index (χ1n) is 11.9. The zero-order valence-electron chi connectivity index (χ0n) is 20.6. The molecule has 1 amide bonds. The van der Waals surface area contributed by atoms with Crippen LogP contribution in [0.25, 0.3) is 11.5 Å². The van der Waals surface area contributed by atoms with Crippen LogP contribution in [0.4, 0.5) is 5.69 Å². The summed E-state index contributed by atoms with van der Waals surface area (Å²) >= 11 is 1.16. The fourth-order valence-electron chi connectivity index (χ4n) is 3.77. The molecule has 0 aliphatic carbocycles. The van der Waals surface area contributed by atoms with Crippen LogP contribution in [0.1, 0.15) is 19.4 Å². The lowest BCUT2D eigenvalue weighted by molar-refractivity contribution is -0.116. The van der Waals surface area contributed by atoms with E-state index in [1.807, 2.05) is 60.7 Å². The Morgan fingerprint density at radius 3 is 2.11 bits per heavy atom. The molecule has 4 aromatic rings. The molecular formula is C27H28N4O4S2. The van der Waals surface area contributed by atoms with Crippen molar-refractivity contribution in [1.82, 2.24) is 14.5 Å². The average Bonchev–Trinajstić information content (AvgIpc) is 3.41. The van der Waals surface area contributed by atoms with Crippen molar-refractivity contribution in [3.63, 3.8) is 0 Å². The number of thioether (sulfide) groups is 1. The highest BCUT2D eigenvalue weighted by molar-refractivity contribution is 7.99. The second kappa shape index (κ2) is 12.2. The van der Waals surface area contributed by atoms with Gasteiger partial charge < -0.3 is 9.32 Å². The van der Waals surface area contributed by atoms with E-state index in [2.05, 4.69) is 10.2 Å². The van der Waals surface area contributed by atoms with Gasteiger partial charge in [0.2, 0.25) is 21.8 Å². The molecule has 0 spiro atoms. The minimum atomic E-state index is -3.55. The van der Waals surface area contributed by atoms with E-state index in [9.17, 15) is 13.2 Å². The second-order valence-corrected chi connectivity index (χ2v) is 10.9. The molecule has 4 rings (SSSR count). The van der Waals surface area contributed by atoms with Crippen molar-refractivity contribution >= 4 is 33.4 Å². The summed E-state index contributed by atoms with van der Waals surface area (Å²) in [6.07, 6.45) is 0. The molecule has 0 fully saturated rings. The third-order valence-corrected chi connectivity index (χ3v) is 8.59. The highest BCUT2D eigenvalue weighted by Gasteiger charge is 2.22. The van der Waals surface area contributed by atoms with E-state index >= 15 is 0 Å². The van der Waals surface area contributed by atoms with Crippen molar-refractivity contribution in [2.45, 2.75) is 30.5 Å². The SMILES string of the molecule is CCN(CC)S(=O)(=O)c1ccc(-c2nnc(SCC(=O)N(Cc3ccccc3)c3ccccc3)o2)cc1. The van der Waals surface area contributed by atoms with Gasteiger partial charge in [-0.25, -0.2) is 8.42 Å². The highest BCUT2D eigenvalue weighted by atomic mass is 32.2. The molecule has 0 unspecified atom stereocenters. The number of aromatic nitrogens is 2. The molecule has 0 aliphatic heterocycles. The number of anilines is 1. The van der Waals surface area contributed by atoms with E-state index in [-0.39, 0.29) is 27.7 Å². The van der Waals surface area contributed by atoms with E-state index in [1.54, 1.807) is 30.9 Å². The van der Waals surface area contributed by atoms with Crippen molar-refractivity contribution < 1.29 is 17.6 Å². The van der Waals surface area contributed by atoms with Crippen molar-refractivity contribution in [2.75, 3.05) is 23.7 Å². The number of sulfonamides is 1. The molecule has 0 saturated carbocycles. The number of carbonyl (C=O) groups is 1. The summed E-state index contributed by atoms with van der Waals surface area (Å²) in [6, 6.07) is 25.7. The number of benzene rings is 3. The topological polar surface area (TPSA) is 96.6 Å². The normalized spacial score (nSPS) is 11.5. The molecule has 10 heteroatoms. The first-order chi connectivity index (χ1) is 17.9. The van der Waals surface area contributed by atoms with Crippen LogP contribution in [-0.2, 0) is 21.4 Å². The van der Waals surface area contributed by atoms with Crippen LogP contribution < -0.4 is 4.90 Å². The molecule has 1 aromatic heterocycles. The zero-order chi connectivity index (χ0) is 26.3. The summed E-state index contributed by atoms with van der Waals surface area (Å²) in [5.41, 5.74) is 2.43. The van der Waals surface area contributed by atoms with Gasteiger partial charge in [0.05, 0.1) is 17.2 Å². The van der Waals surface area contributed by atoms with Gasteiger partial charge in [-0.15, -0.1) is 10.2 Å². The smallest absolute Gasteiger partial charge is 0.277 e. The molecule has 192 valence electrons. The van der Waals surface area contributed by atoms with Gasteiger partial charge in [0.25, 0.3) is 5.22 Å². The van der Waals surface area contributed by atoms with E-state index in [0.717, 1.165) is 23.0 Å². The predicted molar refractivity (Wildman–Crippen MR) is 145 cm³/mol. The summed E-state index contributed by atoms with van der Waals surface area (Å²) < 4.78 is 32.6. The quantitative estimate of drug-likeness (QED) is 0.246. The molecule has 0 saturated heterocycles. The summed E-state index contributed by atoms with van der Waals surface area (Å²) in [6.45, 7) is 4.85. The molecule has 0 aliphatic rings. The van der Waals surface area contributed by atoms with Crippen molar-refractivity contribution in [1.29, 1.82) is 0 Å². The summed E-state index contributed by atoms with van der Waals surface area (Å²) in [7, 11) is -3.55. The molecule has 0 atom stereocenters. The van der Waals surface area contributed by atoms with Gasteiger partial charge in [0.15, 0.2) is 0 Å². The lowest BCUT2D eigenvalue weighted by Crippen LogP contribution is -2.31. The summed E-state index contributed by atoms with van der Waals surface area (Å²) in [4.78, 5) is 15.1. The molecule has 3 aromatic carbocycles. The third kappa shape index (κ3) is 6.46. The number of hydrogen-bond acceptors (Lipinski definition) is 7. The Labute approximate surface area is 221 Å². The monoisotopic (exact) mass is 536 g/mol. The lowest BCUT2D eigenvalue weighted by atomic mass is 10.2. The number of para-hydroxylation sites is 1. The van der Waals surface area contributed by atoms with Crippen LogP contribution in [0.5, 0.6) is 0 Å². The van der Waals surface area contributed by atoms with Crippen LogP contribution in [0.15, 0.2) is 99.5 Å². The molecular weight excluding hydrogens is 508 g/mol. The fourth-order valence-corrected chi connectivity index (χ4v) is 5.86. The summed E-state index contributed by atoms with van der Waals surface area (Å²) in [5.74, 6) is 0.279. The lowest BCUT2D eigenvalue weighted by Gasteiger charge is -2.22. The highest BCUT2D eigenvalue weighted by Crippen LogP contribution is 2.26. The van der Waals surface area contributed by atoms with E-state index in [0.29, 0.717) is 25.2 Å². The number of rotatable bonds is 11. The molecule has 37 heavy (non-hydrogen) atoms. The van der Waals surface area contributed by atoms with Gasteiger partial charge in [0, 0.05) is 24.3 Å². The average molecular weight is 537 g/mol. The van der Waals surface area contributed by atoms with E-state index < -0.39 is 10.0 Å². The molecule has 0 radical (unpaired) electrons. The molecule has 8 nitrogen and oxygen atoms in total. The third-order valence-electron chi connectivity index (χ3n) is 5.72. The Kier molecular flexibility index (Phi) is 8.75. The Hall–Kier alpha value is -3.47. The Morgan fingerprint density at radius 2 is 1.49 bits per heavy atom. The van der Waals surface area contributed by atoms with Crippen LogP contribution in [0, 0.1) is 0 Å².